The van der Waals surface area contributed by atoms with Gasteiger partial charge in [0.25, 0.3) is 0 Å². The second-order valence-electron chi connectivity index (χ2n) is 16.1. The first-order chi connectivity index (χ1) is 30.8. The van der Waals surface area contributed by atoms with Crippen LogP contribution in [0.3, 0.4) is 0 Å². The quantitative estimate of drug-likeness (QED) is 0.146. The molecule has 0 N–H and O–H groups in total. The standard InChI is InChI=1S/C60H40N2/c1-2-15-41(16-3-1)42-29-34-46(35-30-42)61(48-19-14-18-45(39-48)56-40-57-49-20-5-4-17-43(49)33-38-53(57)51-22-6-7-23-52(51)56)47-36-31-44(32-37-47)50-21-8-11-26-58(50)62-59-27-12-9-24-54(59)55-25-10-13-28-60(55)62/h1-40H. The van der Waals surface area contributed by atoms with Crippen LogP contribution in [-0.2, 0) is 0 Å². The van der Waals surface area contributed by atoms with Gasteiger partial charge in [-0.3, -0.25) is 0 Å². The Bertz CT molecular complexity index is 3560. The van der Waals surface area contributed by atoms with Crippen LogP contribution in [0.2, 0.25) is 0 Å². The Hall–Kier alpha value is -8.20. The van der Waals surface area contributed by atoms with Crippen LogP contribution in [0.4, 0.5) is 17.1 Å². The summed E-state index contributed by atoms with van der Waals surface area (Å²) in [5.74, 6) is 0. The molecule has 0 unspecified atom stereocenters. The summed E-state index contributed by atoms with van der Waals surface area (Å²) >= 11 is 0. The molecule has 12 aromatic rings. The van der Waals surface area contributed by atoms with E-state index >= 15 is 0 Å². The fourth-order valence-electron chi connectivity index (χ4n) is 9.68. The maximum Gasteiger partial charge on any atom is 0.0541 e. The van der Waals surface area contributed by atoms with Crippen LogP contribution in [0, 0.1) is 0 Å². The summed E-state index contributed by atoms with van der Waals surface area (Å²) in [6.07, 6.45) is 0. The molecule has 290 valence electrons. The predicted octanol–water partition coefficient (Wildman–Crippen LogP) is 16.7. The topological polar surface area (TPSA) is 8.17 Å². The molecule has 0 atom stereocenters. The zero-order chi connectivity index (χ0) is 41.0. The van der Waals surface area contributed by atoms with Crippen LogP contribution in [0.5, 0.6) is 0 Å². The summed E-state index contributed by atoms with van der Waals surface area (Å²) in [6, 6.07) is 88.5. The Kier molecular flexibility index (Phi) is 8.53. The number of hydrogen-bond donors (Lipinski definition) is 0. The summed E-state index contributed by atoms with van der Waals surface area (Å²) in [4.78, 5) is 2.39. The van der Waals surface area contributed by atoms with Crippen LogP contribution in [0.15, 0.2) is 243 Å². The fraction of sp³-hybridized carbons (Fsp3) is 0. The highest BCUT2D eigenvalue weighted by atomic mass is 15.1. The van der Waals surface area contributed by atoms with E-state index in [1.54, 1.807) is 0 Å². The molecular weight excluding hydrogens is 749 g/mol. The molecule has 2 heteroatoms. The minimum Gasteiger partial charge on any atom is -0.310 e. The SMILES string of the molecule is c1ccc(-c2ccc(N(c3ccc(-c4ccccc4-n4c5ccccc5c5ccccc54)cc3)c3cccc(-c4cc5c6ccccc6ccc5c5ccccc45)c3)cc2)cc1. The molecule has 0 aliphatic carbocycles. The normalized spacial score (nSPS) is 11.5. The molecular formula is C60H40N2. The Morgan fingerprint density at radius 2 is 0.790 bits per heavy atom. The van der Waals surface area contributed by atoms with Gasteiger partial charge in [-0.05, 0) is 121 Å². The summed E-state index contributed by atoms with van der Waals surface area (Å²) < 4.78 is 2.42. The second-order valence-corrected chi connectivity index (χ2v) is 16.1. The maximum absolute atomic E-state index is 2.42. The van der Waals surface area contributed by atoms with Crippen molar-refractivity contribution in [2.24, 2.45) is 0 Å². The Balaban J connectivity index is 1.00. The largest absolute Gasteiger partial charge is 0.310 e. The number of benzene rings is 11. The molecule has 0 fully saturated rings. The van der Waals surface area contributed by atoms with E-state index < -0.39 is 0 Å². The third-order valence-corrected chi connectivity index (χ3v) is 12.6. The summed E-state index contributed by atoms with van der Waals surface area (Å²) in [7, 11) is 0. The molecule has 0 saturated carbocycles. The van der Waals surface area contributed by atoms with Gasteiger partial charge in [0, 0.05) is 33.4 Å². The first-order valence-corrected chi connectivity index (χ1v) is 21.3. The van der Waals surface area contributed by atoms with Gasteiger partial charge >= 0.3 is 0 Å². The van der Waals surface area contributed by atoms with E-state index in [1.165, 1.54) is 81.9 Å². The van der Waals surface area contributed by atoms with Crippen molar-refractivity contribution in [3.63, 3.8) is 0 Å². The lowest BCUT2D eigenvalue weighted by molar-refractivity contribution is 1.18. The molecule has 12 rings (SSSR count). The number of anilines is 3. The first-order valence-electron chi connectivity index (χ1n) is 21.3. The molecule has 0 bridgehead atoms. The van der Waals surface area contributed by atoms with E-state index in [4.69, 9.17) is 0 Å². The van der Waals surface area contributed by atoms with Crippen molar-refractivity contribution < 1.29 is 0 Å². The number of fused-ring (bicyclic) bond motifs is 8. The van der Waals surface area contributed by atoms with E-state index in [9.17, 15) is 0 Å². The Labute approximate surface area is 360 Å². The predicted molar refractivity (Wildman–Crippen MR) is 264 cm³/mol. The van der Waals surface area contributed by atoms with Gasteiger partial charge in [-0.2, -0.15) is 0 Å². The zero-order valence-electron chi connectivity index (χ0n) is 34.0. The first kappa shape index (κ1) is 35.7. The van der Waals surface area contributed by atoms with Gasteiger partial charge in [0.2, 0.25) is 0 Å². The van der Waals surface area contributed by atoms with E-state index in [2.05, 4.69) is 252 Å². The molecule has 0 saturated heterocycles. The molecule has 0 amide bonds. The molecule has 62 heavy (non-hydrogen) atoms. The molecule has 2 nitrogen and oxygen atoms in total. The summed E-state index contributed by atoms with van der Waals surface area (Å²) in [5, 5.41) is 10.1. The highest BCUT2D eigenvalue weighted by Gasteiger charge is 2.19. The van der Waals surface area contributed by atoms with E-state index in [0.717, 1.165) is 28.3 Å². The highest BCUT2D eigenvalue weighted by Crippen LogP contribution is 2.43. The number of para-hydroxylation sites is 3. The molecule has 1 heterocycles. The molecule has 11 aromatic carbocycles. The van der Waals surface area contributed by atoms with Crippen molar-refractivity contribution in [1.29, 1.82) is 0 Å². The Morgan fingerprint density at radius 1 is 0.258 bits per heavy atom. The lowest BCUT2D eigenvalue weighted by Crippen LogP contribution is -2.10. The minimum absolute atomic E-state index is 1.09. The van der Waals surface area contributed by atoms with Gasteiger partial charge in [0.05, 0.1) is 16.7 Å². The van der Waals surface area contributed by atoms with Gasteiger partial charge in [-0.1, -0.05) is 182 Å². The van der Waals surface area contributed by atoms with Crippen LogP contribution in [0.25, 0.3) is 93.2 Å². The molecule has 1 aromatic heterocycles. The molecule has 0 spiro atoms. The lowest BCUT2D eigenvalue weighted by Gasteiger charge is -2.27. The van der Waals surface area contributed by atoms with Crippen LogP contribution >= 0.6 is 0 Å². The fourth-order valence-corrected chi connectivity index (χ4v) is 9.68. The Morgan fingerprint density at radius 3 is 1.52 bits per heavy atom. The average Bonchev–Trinajstić information content (AvgIpc) is 3.69. The number of aromatic nitrogens is 1. The monoisotopic (exact) mass is 788 g/mol. The van der Waals surface area contributed by atoms with E-state index in [-0.39, 0.29) is 0 Å². The average molecular weight is 789 g/mol. The van der Waals surface area contributed by atoms with Crippen molar-refractivity contribution in [3.05, 3.63) is 243 Å². The van der Waals surface area contributed by atoms with Crippen molar-refractivity contribution >= 4 is 71.2 Å². The third kappa shape index (κ3) is 5.96. The summed E-state index contributed by atoms with van der Waals surface area (Å²) in [6.45, 7) is 0. The van der Waals surface area contributed by atoms with Crippen LogP contribution < -0.4 is 4.90 Å². The lowest BCUT2D eigenvalue weighted by atomic mass is 9.91. The van der Waals surface area contributed by atoms with Gasteiger partial charge in [-0.15, -0.1) is 0 Å². The van der Waals surface area contributed by atoms with Gasteiger partial charge in [0.15, 0.2) is 0 Å². The maximum atomic E-state index is 2.42. The smallest absolute Gasteiger partial charge is 0.0541 e. The number of nitrogens with zero attached hydrogens (tertiary/aromatic N) is 2. The van der Waals surface area contributed by atoms with Gasteiger partial charge in [0.1, 0.15) is 0 Å². The third-order valence-electron chi connectivity index (χ3n) is 12.6. The van der Waals surface area contributed by atoms with Crippen LogP contribution in [-0.4, -0.2) is 4.57 Å². The zero-order valence-corrected chi connectivity index (χ0v) is 34.0. The number of rotatable bonds is 7. The van der Waals surface area contributed by atoms with Crippen molar-refractivity contribution in [2.45, 2.75) is 0 Å². The summed E-state index contributed by atoms with van der Waals surface area (Å²) in [5.41, 5.74) is 14.0. The second kappa shape index (κ2) is 14.8. The van der Waals surface area contributed by atoms with Crippen molar-refractivity contribution in [2.75, 3.05) is 4.90 Å². The molecule has 0 aliphatic rings. The minimum atomic E-state index is 1.09. The van der Waals surface area contributed by atoms with E-state index in [1.807, 2.05) is 0 Å². The van der Waals surface area contributed by atoms with Crippen LogP contribution in [0.1, 0.15) is 0 Å². The van der Waals surface area contributed by atoms with Crippen molar-refractivity contribution in [1.82, 2.24) is 4.57 Å². The van der Waals surface area contributed by atoms with Gasteiger partial charge in [-0.25, -0.2) is 0 Å². The van der Waals surface area contributed by atoms with E-state index in [0.29, 0.717) is 0 Å². The molecule has 0 radical (unpaired) electrons. The number of hydrogen-bond acceptors (Lipinski definition) is 1. The van der Waals surface area contributed by atoms with Gasteiger partial charge < -0.3 is 9.47 Å². The van der Waals surface area contributed by atoms with Crippen molar-refractivity contribution in [3.8, 4) is 39.1 Å². The molecule has 0 aliphatic heterocycles. The highest BCUT2D eigenvalue weighted by molar-refractivity contribution is 6.21.